The number of benzene rings is 4. The molecule has 5 aromatic rings. The number of amides is 1. The molecule has 1 heterocycles. The molecule has 46 heavy (non-hydrogen) atoms. The van der Waals surface area contributed by atoms with E-state index >= 15 is 0 Å². The van der Waals surface area contributed by atoms with Gasteiger partial charge in [0.15, 0.2) is 0 Å². The van der Waals surface area contributed by atoms with E-state index in [2.05, 4.69) is 10.3 Å². The van der Waals surface area contributed by atoms with Crippen LogP contribution in [0.4, 0.5) is 5.69 Å². The Hall–Kier alpha value is -5.34. The lowest BCUT2D eigenvalue weighted by molar-refractivity contribution is -0.139. The molecule has 0 saturated heterocycles. The van der Waals surface area contributed by atoms with Crippen molar-refractivity contribution in [1.82, 2.24) is 4.98 Å². The van der Waals surface area contributed by atoms with Crippen LogP contribution in [0, 0.1) is 27.7 Å². The number of carbonyl (C=O) groups is 3. The average molecular weight is 616 g/mol. The fraction of sp³-hybridized carbons (Fsp3) is 0.211. The summed E-state index contributed by atoms with van der Waals surface area (Å²) >= 11 is 0. The zero-order chi connectivity index (χ0) is 33.0. The molecule has 3 atom stereocenters. The third-order valence-corrected chi connectivity index (χ3v) is 8.09. The van der Waals surface area contributed by atoms with Crippen LogP contribution >= 0.6 is 0 Å². The highest BCUT2D eigenvalue weighted by Gasteiger charge is 2.38. The average Bonchev–Trinajstić information content (AvgIpc) is 2.98. The lowest BCUT2D eigenvalue weighted by Crippen LogP contribution is -2.44. The van der Waals surface area contributed by atoms with Crippen molar-refractivity contribution in [2.75, 3.05) is 5.32 Å². The number of hydrogen-bond acceptors (Lipinski definition) is 6. The number of aryl methyl sites for hydroxylation is 4. The van der Waals surface area contributed by atoms with E-state index in [-0.39, 0.29) is 6.42 Å². The van der Waals surface area contributed by atoms with Crippen LogP contribution in [-0.2, 0) is 20.8 Å². The Kier molecular flexibility index (Phi) is 9.58. The van der Waals surface area contributed by atoms with E-state index in [0.29, 0.717) is 22.6 Å². The van der Waals surface area contributed by atoms with Gasteiger partial charge in [-0.2, -0.15) is 0 Å². The van der Waals surface area contributed by atoms with Crippen molar-refractivity contribution in [3.8, 4) is 5.75 Å². The number of hydrogen-bond donors (Lipinski definition) is 3. The first-order chi connectivity index (χ1) is 22.0. The maximum absolute atomic E-state index is 14.0. The fourth-order valence-electron chi connectivity index (χ4n) is 6.05. The highest BCUT2D eigenvalue weighted by atomic mass is 16.5. The SMILES string of the molecule is Cc1cc(C)cc(CC(=O)Oc2ccc(C(C(=O)Nc3ccc4cnccc4c3)C(N)C(C(=O)O)c3ccc(C)cc3C)cc2)c1. The monoisotopic (exact) mass is 615 g/mol. The molecule has 1 amide bonds. The maximum Gasteiger partial charge on any atom is 0.315 e. The Morgan fingerprint density at radius 2 is 1.52 bits per heavy atom. The Balaban J connectivity index is 1.45. The summed E-state index contributed by atoms with van der Waals surface area (Å²) in [6.07, 6.45) is 3.51. The van der Waals surface area contributed by atoms with Crippen molar-refractivity contribution < 1.29 is 24.2 Å². The smallest absolute Gasteiger partial charge is 0.315 e. The van der Waals surface area contributed by atoms with Gasteiger partial charge in [-0.3, -0.25) is 19.4 Å². The van der Waals surface area contributed by atoms with Crippen molar-refractivity contribution in [2.24, 2.45) is 5.73 Å². The van der Waals surface area contributed by atoms with Crippen molar-refractivity contribution in [2.45, 2.75) is 52.0 Å². The Bertz CT molecular complexity index is 1900. The summed E-state index contributed by atoms with van der Waals surface area (Å²) in [6.45, 7) is 7.72. The lowest BCUT2D eigenvalue weighted by Gasteiger charge is -2.29. The molecule has 3 unspecified atom stereocenters. The van der Waals surface area contributed by atoms with E-state index < -0.39 is 35.7 Å². The molecule has 0 aliphatic rings. The minimum atomic E-state index is -1.17. The number of fused-ring (bicyclic) bond motifs is 1. The van der Waals surface area contributed by atoms with Gasteiger partial charge in [0.05, 0.1) is 18.3 Å². The summed E-state index contributed by atoms with van der Waals surface area (Å²) in [7, 11) is 0. The number of nitrogens with one attached hydrogen (secondary N) is 1. The minimum absolute atomic E-state index is 0.109. The van der Waals surface area contributed by atoms with Crippen LogP contribution in [0.5, 0.6) is 5.75 Å². The molecule has 0 saturated carbocycles. The second kappa shape index (κ2) is 13.7. The topological polar surface area (TPSA) is 132 Å². The molecule has 5 rings (SSSR count). The Labute approximate surface area is 268 Å². The highest BCUT2D eigenvalue weighted by molar-refractivity contribution is 5.99. The highest BCUT2D eigenvalue weighted by Crippen LogP contribution is 2.34. The zero-order valence-electron chi connectivity index (χ0n) is 26.3. The van der Waals surface area contributed by atoms with Gasteiger partial charge in [0.1, 0.15) is 5.75 Å². The largest absolute Gasteiger partial charge is 0.481 e. The predicted octanol–water partition coefficient (Wildman–Crippen LogP) is 6.53. The van der Waals surface area contributed by atoms with Crippen LogP contribution < -0.4 is 15.8 Å². The van der Waals surface area contributed by atoms with Crippen molar-refractivity contribution in [3.63, 3.8) is 0 Å². The summed E-state index contributed by atoms with van der Waals surface area (Å²) in [4.78, 5) is 43.6. The molecule has 1 aromatic heterocycles. The number of carbonyl (C=O) groups excluding carboxylic acids is 2. The van der Waals surface area contributed by atoms with E-state index in [0.717, 1.165) is 38.6 Å². The van der Waals surface area contributed by atoms with Crippen molar-refractivity contribution in [3.05, 3.63) is 136 Å². The van der Waals surface area contributed by atoms with E-state index in [1.54, 1.807) is 48.8 Å². The molecule has 234 valence electrons. The molecular formula is C38H37N3O5. The molecular weight excluding hydrogens is 578 g/mol. The first-order valence-corrected chi connectivity index (χ1v) is 15.1. The van der Waals surface area contributed by atoms with Crippen molar-refractivity contribution in [1.29, 1.82) is 0 Å². The first kappa shape index (κ1) is 32.1. The molecule has 4 N–H and O–H groups in total. The second-order valence-corrected chi connectivity index (χ2v) is 11.9. The van der Waals surface area contributed by atoms with E-state index in [1.165, 1.54) is 0 Å². The Morgan fingerprint density at radius 1 is 0.804 bits per heavy atom. The molecule has 8 heteroatoms. The summed E-state index contributed by atoms with van der Waals surface area (Å²) in [5.74, 6) is -3.94. The standard InChI is InChI=1S/C38H37N3O5/c1-22-5-12-32(25(4)16-22)35(38(44)45)36(39)34(37(43)41-30-9-6-29-21-40-14-13-28(29)20-30)27-7-10-31(11-8-27)46-33(42)19-26-17-23(2)15-24(3)18-26/h5-18,20-21,34-36H,19,39H2,1-4H3,(H,41,43)(H,44,45). The number of aromatic nitrogens is 1. The quantitative estimate of drug-likeness (QED) is 0.120. The molecule has 4 aromatic carbocycles. The van der Waals surface area contributed by atoms with Gasteiger partial charge in [0.2, 0.25) is 5.91 Å². The summed E-state index contributed by atoms with van der Waals surface area (Å²) in [5, 5.41) is 15.2. The number of carboxylic acid groups (broad SMARTS) is 1. The number of anilines is 1. The van der Waals surface area contributed by atoms with E-state index in [4.69, 9.17) is 10.5 Å². The van der Waals surface area contributed by atoms with Gasteiger partial charge < -0.3 is 20.9 Å². The van der Waals surface area contributed by atoms with Gasteiger partial charge in [-0.05, 0) is 85.7 Å². The van der Waals surface area contributed by atoms with Gasteiger partial charge in [-0.1, -0.05) is 71.3 Å². The summed E-state index contributed by atoms with van der Waals surface area (Å²) < 4.78 is 5.60. The minimum Gasteiger partial charge on any atom is -0.481 e. The predicted molar refractivity (Wildman–Crippen MR) is 179 cm³/mol. The second-order valence-electron chi connectivity index (χ2n) is 11.9. The lowest BCUT2D eigenvalue weighted by atomic mass is 9.78. The number of nitrogens with zero attached hydrogens (tertiary/aromatic N) is 1. The summed E-state index contributed by atoms with van der Waals surface area (Å²) in [5.41, 5.74) is 13.1. The van der Waals surface area contributed by atoms with Crippen LogP contribution in [0.15, 0.2) is 97.3 Å². The fourth-order valence-corrected chi connectivity index (χ4v) is 6.05. The molecule has 0 fully saturated rings. The molecule has 0 aliphatic carbocycles. The van der Waals surface area contributed by atoms with Gasteiger partial charge in [0.25, 0.3) is 0 Å². The number of nitrogens with two attached hydrogens (primary N) is 1. The number of carboxylic acids is 1. The third kappa shape index (κ3) is 7.47. The van der Waals surface area contributed by atoms with Gasteiger partial charge >= 0.3 is 11.9 Å². The van der Waals surface area contributed by atoms with Crippen LogP contribution in [0.1, 0.15) is 50.8 Å². The van der Waals surface area contributed by atoms with Crippen LogP contribution in [0.3, 0.4) is 0 Å². The van der Waals surface area contributed by atoms with E-state index in [9.17, 15) is 19.5 Å². The van der Waals surface area contributed by atoms with Crippen LogP contribution in [-0.4, -0.2) is 34.0 Å². The van der Waals surface area contributed by atoms with E-state index in [1.807, 2.05) is 76.2 Å². The number of ether oxygens (including phenoxy) is 1. The number of rotatable bonds is 10. The summed E-state index contributed by atoms with van der Waals surface area (Å²) in [6, 6.07) is 24.1. The maximum atomic E-state index is 14.0. The molecule has 0 spiro atoms. The first-order valence-electron chi connectivity index (χ1n) is 15.1. The van der Waals surface area contributed by atoms with Gasteiger partial charge in [0, 0.05) is 29.5 Å². The molecule has 0 bridgehead atoms. The van der Waals surface area contributed by atoms with Gasteiger partial charge in [-0.15, -0.1) is 0 Å². The normalized spacial score (nSPS) is 13.1. The number of aliphatic carboxylic acids is 1. The van der Waals surface area contributed by atoms with Crippen LogP contribution in [0.25, 0.3) is 10.8 Å². The van der Waals surface area contributed by atoms with Crippen molar-refractivity contribution >= 4 is 34.3 Å². The Morgan fingerprint density at radius 3 is 2.20 bits per heavy atom. The van der Waals surface area contributed by atoms with Crippen LogP contribution in [0.2, 0.25) is 0 Å². The molecule has 0 aliphatic heterocycles. The molecule has 0 radical (unpaired) electrons. The number of pyridine rings is 1. The number of esters is 1. The molecule has 8 nitrogen and oxygen atoms in total. The van der Waals surface area contributed by atoms with Gasteiger partial charge in [-0.25, -0.2) is 0 Å². The zero-order valence-corrected chi connectivity index (χ0v) is 26.3. The third-order valence-electron chi connectivity index (χ3n) is 8.09.